The Morgan fingerprint density at radius 3 is 2.46 bits per heavy atom. The molecule has 26 heavy (non-hydrogen) atoms. The van der Waals surface area contributed by atoms with E-state index in [9.17, 15) is 14.4 Å². The van der Waals surface area contributed by atoms with E-state index in [1.807, 2.05) is 31.2 Å². The van der Waals surface area contributed by atoms with Crippen molar-refractivity contribution in [3.63, 3.8) is 0 Å². The number of benzene rings is 2. The van der Waals surface area contributed by atoms with Gasteiger partial charge in [0.25, 0.3) is 11.8 Å². The van der Waals surface area contributed by atoms with Gasteiger partial charge in [-0.3, -0.25) is 19.3 Å². The van der Waals surface area contributed by atoms with Crippen molar-refractivity contribution < 1.29 is 19.1 Å². The fourth-order valence-electron chi connectivity index (χ4n) is 2.72. The Balaban J connectivity index is 1.49. The number of amides is 3. The van der Waals surface area contributed by atoms with Gasteiger partial charge in [-0.15, -0.1) is 0 Å². The van der Waals surface area contributed by atoms with Crippen LogP contribution >= 0.6 is 0 Å². The fraction of sp³-hybridized carbons (Fsp3) is 0.250. The number of carbonyl (C=O) groups is 3. The Hall–Kier alpha value is -3.15. The van der Waals surface area contributed by atoms with Crippen molar-refractivity contribution in [2.24, 2.45) is 0 Å². The molecule has 3 rings (SSSR count). The molecule has 0 aromatic heterocycles. The van der Waals surface area contributed by atoms with Crippen LogP contribution in [0.25, 0.3) is 0 Å². The maximum Gasteiger partial charge on any atom is 0.261 e. The van der Waals surface area contributed by atoms with Crippen LogP contribution in [-0.4, -0.2) is 36.3 Å². The second-order valence-corrected chi connectivity index (χ2v) is 6.24. The van der Waals surface area contributed by atoms with E-state index in [4.69, 9.17) is 4.74 Å². The third-order valence-electron chi connectivity index (χ3n) is 4.21. The number of nitrogens with zero attached hydrogens (tertiary/aromatic N) is 1. The number of anilines is 1. The molecule has 3 amide bonds. The average Bonchev–Trinajstić information content (AvgIpc) is 2.84. The van der Waals surface area contributed by atoms with Gasteiger partial charge in [-0.2, -0.15) is 0 Å². The Bertz CT molecular complexity index is 859. The molecular weight excluding hydrogens is 332 g/mol. The largest absolute Gasteiger partial charge is 0.494 e. The molecule has 0 aliphatic carbocycles. The van der Waals surface area contributed by atoms with Gasteiger partial charge in [0.05, 0.1) is 17.7 Å². The molecule has 0 saturated heterocycles. The minimum absolute atomic E-state index is 0.164. The highest BCUT2D eigenvalue weighted by atomic mass is 16.5. The van der Waals surface area contributed by atoms with Gasteiger partial charge in [0, 0.05) is 19.2 Å². The number of ether oxygens (including phenoxy) is 1. The molecule has 2 aromatic carbocycles. The predicted molar refractivity (Wildman–Crippen MR) is 97.4 cm³/mol. The summed E-state index contributed by atoms with van der Waals surface area (Å²) in [5, 5.41) is 2.75. The first-order valence-electron chi connectivity index (χ1n) is 8.41. The van der Waals surface area contributed by atoms with Gasteiger partial charge in [-0.25, -0.2) is 0 Å². The summed E-state index contributed by atoms with van der Waals surface area (Å²) in [4.78, 5) is 37.0. The summed E-state index contributed by atoms with van der Waals surface area (Å²) >= 11 is 0. The van der Waals surface area contributed by atoms with Crippen LogP contribution in [0.3, 0.4) is 0 Å². The van der Waals surface area contributed by atoms with E-state index >= 15 is 0 Å². The normalized spacial score (nSPS) is 12.9. The zero-order valence-electron chi connectivity index (χ0n) is 14.7. The third-order valence-corrected chi connectivity index (χ3v) is 4.21. The van der Waals surface area contributed by atoms with Gasteiger partial charge in [-0.05, 0) is 43.7 Å². The molecule has 6 nitrogen and oxygen atoms in total. The summed E-state index contributed by atoms with van der Waals surface area (Å²) in [7, 11) is 1.44. The lowest BCUT2D eigenvalue weighted by atomic mass is 10.1. The first-order chi connectivity index (χ1) is 12.5. The monoisotopic (exact) mass is 352 g/mol. The lowest BCUT2D eigenvalue weighted by Gasteiger charge is -2.08. The summed E-state index contributed by atoms with van der Waals surface area (Å²) in [5.41, 5.74) is 2.35. The Morgan fingerprint density at radius 2 is 1.73 bits per heavy atom. The summed E-state index contributed by atoms with van der Waals surface area (Å²) in [5.74, 6) is -0.0618. The van der Waals surface area contributed by atoms with E-state index in [1.54, 1.807) is 18.2 Å². The Kier molecular flexibility index (Phi) is 5.02. The predicted octanol–water partition coefficient (Wildman–Crippen LogP) is 3.02. The number of fused-ring (bicyclic) bond motifs is 1. The van der Waals surface area contributed by atoms with Crippen LogP contribution in [0.2, 0.25) is 0 Å². The van der Waals surface area contributed by atoms with E-state index < -0.39 is 0 Å². The molecule has 134 valence electrons. The molecule has 0 bridgehead atoms. The summed E-state index contributed by atoms with van der Waals surface area (Å²) in [6.45, 7) is 2.45. The molecule has 6 heteroatoms. The van der Waals surface area contributed by atoms with Crippen molar-refractivity contribution >= 4 is 23.4 Å². The van der Waals surface area contributed by atoms with Crippen molar-refractivity contribution in [3.8, 4) is 5.75 Å². The number of hydrogen-bond acceptors (Lipinski definition) is 4. The lowest BCUT2D eigenvalue weighted by Crippen LogP contribution is -2.24. The molecular formula is C20H20N2O4. The summed E-state index contributed by atoms with van der Waals surface area (Å²) in [6.07, 6.45) is 0.876. The molecule has 1 N–H and O–H groups in total. The van der Waals surface area contributed by atoms with Gasteiger partial charge in [0.15, 0.2) is 0 Å². The molecule has 0 saturated carbocycles. The highest BCUT2D eigenvalue weighted by Gasteiger charge is 2.32. The van der Waals surface area contributed by atoms with Crippen LogP contribution in [0.1, 0.15) is 39.1 Å². The van der Waals surface area contributed by atoms with Crippen molar-refractivity contribution in [1.82, 2.24) is 4.90 Å². The minimum Gasteiger partial charge on any atom is -0.494 e. The zero-order chi connectivity index (χ0) is 18.7. The molecule has 0 atom stereocenters. The minimum atomic E-state index is -0.354. The molecule has 0 fully saturated rings. The van der Waals surface area contributed by atoms with Crippen molar-refractivity contribution in [2.75, 3.05) is 19.0 Å². The maximum atomic E-state index is 12.0. The molecule has 0 unspecified atom stereocenters. The van der Waals surface area contributed by atoms with Crippen LogP contribution in [0.15, 0.2) is 42.5 Å². The highest BCUT2D eigenvalue weighted by molar-refractivity contribution is 6.21. The van der Waals surface area contributed by atoms with Crippen LogP contribution in [-0.2, 0) is 4.79 Å². The van der Waals surface area contributed by atoms with Crippen molar-refractivity contribution in [2.45, 2.75) is 19.8 Å². The topological polar surface area (TPSA) is 75.7 Å². The van der Waals surface area contributed by atoms with Crippen LogP contribution in [0.4, 0.5) is 5.69 Å². The summed E-state index contributed by atoms with van der Waals surface area (Å²) in [6, 6.07) is 12.5. The average molecular weight is 352 g/mol. The lowest BCUT2D eigenvalue weighted by molar-refractivity contribution is -0.116. The number of rotatable bonds is 6. The second-order valence-electron chi connectivity index (χ2n) is 6.24. The smallest absolute Gasteiger partial charge is 0.261 e. The molecule has 1 heterocycles. The standard InChI is InChI=1S/C20H20N2O4/c1-13-5-8-15(9-6-13)26-11-3-4-18(23)21-14-7-10-16-17(12-14)20(25)22(2)19(16)24/h5-10,12H,3-4,11H2,1-2H3,(H,21,23). The first kappa shape index (κ1) is 17.7. The van der Waals surface area contributed by atoms with Gasteiger partial charge in [0.1, 0.15) is 5.75 Å². The second kappa shape index (κ2) is 7.39. The number of carbonyl (C=O) groups excluding carboxylic acids is 3. The quantitative estimate of drug-likeness (QED) is 0.640. The van der Waals surface area contributed by atoms with E-state index in [0.717, 1.165) is 16.2 Å². The third kappa shape index (κ3) is 3.74. The van der Waals surface area contributed by atoms with E-state index in [2.05, 4.69) is 5.32 Å². The highest BCUT2D eigenvalue weighted by Crippen LogP contribution is 2.24. The molecule has 0 spiro atoms. The van der Waals surface area contributed by atoms with Crippen molar-refractivity contribution in [1.29, 1.82) is 0 Å². The SMILES string of the molecule is Cc1ccc(OCCCC(=O)Nc2ccc3c(c2)C(=O)N(C)C3=O)cc1. The number of imide groups is 1. The number of nitrogens with one attached hydrogen (secondary N) is 1. The first-order valence-corrected chi connectivity index (χ1v) is 8.41. The molecule has 0 radical (unpaired) electrons. The van der Waals surface area contributed by atoms with Gasteiger partial charge < -0.3 is 10.1 Å². The van der Waals surface area contributed by atoms with Gasteiger partial charge in [0.2, 0.25) is 5.91 Å². The zero-order valence-corrected chi connectivity index (χ0v) is 14.7. The Morgan fingerprint density at radius 1 is 1.04 bits per heavy atom. The van der Waals surface area contributed by atoms with Crippen LogP contribution in [0, 0.1) is 6.92 Å². The van der Waals surface area contributed by atoms with E-state index in [0.29, 0.717) is 36.3 Å². The van der Waals surface area contributed by atoms with Crippen molar-refractivity contribution in [3.05, 3.63) is 59.2 Å². The number of hydrogen-bond donors (Lipinski definition) is 1. The molecule has 2 aromatic rings. The van der Waals surface area contributed by atoms with Gasteiger partial charge in [-0.1, -0.05) is 17.7 Å². The summed E-state index contributed by atoms with van der Waals surface area (Å²) < 4.78 is 5.59. The van der Waals surface area contributed by atoms with Crippen LogP contribution in [0.5, 0.6) is 5.75 Å². The molecule has 1 aliphatic rings. The van der Waals surface area contributed by atoms with E-state index in [1.165, 1.54) is 7.05 Å². The Labute approximate surface area is 151 Å². The van der Waals surface area contributed by atoms with E-state index in [-0.39, 0.29) is 17.7 Å². The van der Waals surface area contributed by atoms with Gasteiger partial charge >= 0.3 is 0 Å². The van der Waals surface area contributed by atoms with Crippen LogP contribution < -0.4 is 10.1 Å². The maximum absolute atomic E-state index is 12.0. The molecule has 1 aliphatic heterocycles. The fourth-order valence-corrected chi connectivity index (χ4v) is 2.72. The number of aryl methyl sites for hydroxylation is 1.